The number of carboxylic acids is 1. The summed E-state index contributed by atoms with van der Waals surface area (Å²) < 4.78 is 1.97. The summed E-state index contributed by atoms with van der Waals surface area (Å²) in [5.41, 5.74) is 7.29. The Bertz CT molecular complexity index is 775. The van der Waals surface area contributed by atoms with Crippen molar-refractivity contribution < 1.29 is 19.8 Å². The van der Waals surface area contributed by atoms with Crippen LogP contribution in [0.3, 0.4) is 0 Å². The number of hydrogen-bond donors (Lipinski definition) is 3. The molecule has 1 saturated heterocycles. The molecular formula is C17H22N4O4. The number of aliphatic hydroxyl groups is 1. The fraction of sp³-hybridized carbons (Fsp3) is 0.471. The van der Waals surface area contributed by atoms with E-state index < -0.39 is 18.1 Å². The van der Waals surface area contributed by atoms with E-state index in [-0.39, 0.29) is 31.2 Å². The lowest BCUT2D eigenvalue weighted by molar-refractivity contribution is -0.139. The number of carbonyl (C=O) groups excluding carboxylic acids is 1. The molecular weight excluding hydrogens is 324 g/mol. The first-order valence-corrected chi connectivity index (χ1v) is 8.30. The van der Waals surface area contributed by atoms with Gasteiger partial charge in [0.05, 0.1) is 23.5 Å². The average molecular weight is 346 g/mol. The second kappa shape index (κ2) is 7.20. The molecule has 8 heteroatoms. The van der Waals surface area contributed by atoms with E-state index in [9.17, 15) is 14.7 Å². The van der Waals surface area contributed by atoms with Crippen LogP contribution < -0.4 is 5.73 Å². The number of carboxylic acid groups (broad SMARTS) is 1. The van der Waals surface area contributed by atoms with Crippen LogP contribution in [0.1, 0.15) is 18.5 Å². The number of aliphatic hydroxyl groups excluding tert-OH is 1. The minimum atomic E-state index is -1.11. The predicted octanol–water partition coefficient (Wildman–Crippen LogP) is -0.112. The smallest absolute Gasteiger partial charge is 0.320 e. The lowest BCUT2D eigenvalue weighted by Crippen LogP contribution is -2.34. The molecule has 8 nitrogen and oxygen atoms in total. The molecule has 1 aliphatic heterocycles. The van der Waals surface area contributed by atoms with Crippen LogP contribution in [0.4, 0.5) is 0 Å². The molecule has 1 amide bonds. The van der Waals surface area contributed by atoms with E-state index in [1.54, 1.807) is 11.1 Å². The molecule has 0 unspecified atom stereocenters. The van der Waals surface area contributed by atoms with Gasteiger partial charge in [-0.25, -0.2) is 0 Å². The predicted molar refractivity (Wildman–Crippen MR) is 89.8 cm³/mol. The molecule has 0 saturated carbocycles. The fourth-order valence-electron chi connectivity index (χ4n) is 3.17. The van der Waals surface area contributed by atoms with Gasteiger partial charge in [0.2, 0.25) is 5.91 Å². The minimum absolute atomic E-state index is 0.0699. The SMILES string of the molecule is N[C@@H](CCC(=O)N1C[C@H](Cc2cn3cccc3cn2)[C@H](O)C1)C(=O)O. The lowest BCUT2D eigenvalue weighted by atomic mass is 10.0. The number of amides is 1. The maximum absolute atomic E-state index is 12.2. The van der Waals surface area contributed by atoms with Crippen molar-refractivity contribution in [1.82, 2.24) is 14.3 Å². The number of aromatic nitrogens is 2. The molecule has 0 aromatic carbocycles. The van der Waals surface area contributed by atoms with Crippen LogP contribution in [0.25, 0.3) is 5.52 Å². The normalized spacial score (nSPS) is 21.6. The molecule has 3 atom stereocenters. The van der Waals surface area contributed by atoms with Crippen molar-refractivity contribution in [2.45, 2.75) is 31.4 Å². The highest BCUT2D eigenvalue weighted by Gasteiger charge is 2.34. The number of fused-ring (bicyclic) bond motifs is 1. The third kappa shape index (κ3) is 3.97. The summed E-state index contributed by atoms with van der Waals surface area (Å²) in [6, 6.07) is 2.86. The lowest BCUT2D eigenvalue weighted by Gasteiger charge is -2.16. The zero-order chi connectivity index (χ0) is 18.0. The van der Waals surface area contributed by atoms with Gasteiger partial charge in [0.25, 0.3) is 0 Å². The van der Waals surface area contributed by atoms with Crippen molar-refractivity contribution >= 4 is 17.4 Å². The highest BCUT2D eigenvalue weighted by Crippen LogP contribution is 2.22. The standard InChI is InChI=1S/C17H22N4O4/c18-14(17(24)25)3-4-16(23)21-8-11(15(22)10-21)6-12-9-20-5-1-2-13(20)7-19-12/h1-2,5,7,9,11,14-15,22H,3-4,6,8,10,18H2,(H,24,25)/t11-,14-,15+/m0/s1. The van der Waals surface area contributed by atoms with Crippen LogP contribution in [0.15, 0.2) is 30.7 Å². The van der Waals surface area contributed by atoms with Gasteiger partial charge in [0.1, 0.15) is 6.04 Å². The van der Waals surface area contributed by atoms with E-state index >= 15 is 0 Å². The van der Waals surface area contributed by atoms with E-state index in [2.05, 4.69) is 4.98 Å². The largest absolute Gasteiger partial charge is 0.480 e. The summed E-state index contributed by atoms with van der Waals surface area (Å²) in [5, 5.41) is 19.0. The Morgan fingerprint density at radius 2 is 2.20 bits per heavy atom. The summed E-state index contributed by atoms with van der Waals surface area (Å²) >= 11 is 0. The first-order valence-electron chi connectivity index (χ1n) is 8.30. The third-order valence-electron chi connectivity index (χ3n) is 4.68. The number of likely N-dealkylation sites (tertiary alicyclic amines) is 1. The minimum Gasteiger partial charge on any atom is -0.480 e. The van der Waals surface area contributed by atoms with Crippen molar-refractivity contribution in [1.29, 1.82) is 0 Å². The van der Waals surface area contributed by atoms with Crippen LogP contribution in [0.2, 0.25) is 0 Å². The Morgan fingerprint density at radius 1 is 1.40 bits per heavy atom. The van der Waals surface area contributed by atoms with Crippen molar-refractivity contribution in [2.75, 3.05) is 13.1 Å². The molecule has 0 spiro atoms. The van der Waals surface area contributed by atoms with Crippen LogP contribution in [-0.2, 0) is 16.0 Å². The molecule has 134 valence electrons. The molecule has 4 N–H and O–H groups in total. The fourth-order valence-corrected chi connectivity index (χ4v) is 3.17. The average Bonchev–Trinajstić information content (AvgIpc) is 3.18. The van der Waals surface area contributed by atoms with Gasteiger partial charge < -0.3 is 25.2 Å². The number of nitrogens with two attached hydrogens (primary N) is 1. The first kappa shape index (κ1) is 17.4. The van der Waals surface area contributed by atoms with Gasteiger partial charge in [-0.05, 0) is 25.0 Å². The first-order chi connectivity index (χ1) is 11.9. The summed E-state index contributed by atoms with van der Waals surface area (Å²) in [4.78, 5) is 28.9. The highest BCUT2D eigenvalue weighted by molar-refractivity contribution is 5.78. The molecule has 1 aliphatic rings. The van der Waals surface area contributed by atoms with E-state index in [4.69, 9.17) is 10.8 Å². The monoisotopic (exact) mass is 346 g/mol. The molecule has 25 heavy (non-hydrogen) atoms. The Morgan fingerprint density at radius 3 is 2.96 bits per heavy atom. The van der Waals surface area contributed by atoms with Crippen molar-refractivity contribution in [3.05, 3.63) is 36.4 Å². The van der Waals surface area contributed by atoms with Gasteiger partial charge in [0, 0.05) is 37.8 Å². The Labute approximate surface area is 144 Å². The van der Waals surface area contributed by atoms with Crippen LogP contribution in [0, 0.1) is 5.92 Å². The van der Waals surface area contributed by atoms with E-state index in [1.165, 1.54) is 0 Å². The maximum Gasteiger partial charge on any atom is 0.320 e. The van der Waals surface area contributed by atoms with Crippen molar-refractivity contribution in [3.63, 3.8) is 0 Å². The van der Waals surface area contributed by atoms with E-state index in [0.29, 0.717) is 13.0 Å². The molecule has 1 fully saturated rings. The maximum atomic E-state index is 12.2. The number of β-amino-alcohol motifs (C(OH)–C–C–N with tert-alkyl or cyclic N) is 1. The molecule has 3 rings (SSSR count). The zero-order valence-electron chi connectivity index (χ0n) is 13.8. The summed E-state index contributed by atoms with van der Waals surface area (Å²) in [7, 11) is 0. The van der Waals surface area contributed by atoms with Gasteiger partial charge in [-0.3, -0.25) is 14.6 Å². The number of hydrogen-bond acceptors (Lipinski definition) is 5. The number of rotatable bonds is 6. The third-order valence-corrected chi connectivity index (χ3v) is 4.68. The van der Waals surface area contributed by atoms with Gasteiger partial charge >= 0.3 is 5.97 Å². The number of aliphatic carboxylic acids is 1. The molecule has 0 bridgehead atoms. The van der Waals surface area contributed by atoms with Gasteiger partial charge in [0.15, 0.2) is 0 Å². The summed E-state index contributed by atoms with van der Waals surface area (Å²) in [6.45, 7) is 0.700. The Balaban J connectivity index is 1.57. The summed E-state index contributed by atoms with van der Waals surface area (Å²) in [6.07, 6.45) is 5.78. The molecule has 0 aliphatic carbocycles. The highest BCUT2D eigenvalue weighted by atomic mass is 16.4. The van der Waals surface area contributed by atoms with E-state index in [0.717, 1.165) is 11.2 Å². The molecule has 2 aromatic rings. The second-order valence-electron chi connectivity index (χ2n) is 6.53. The molecule has 3 heterocycles. The van der Waals surface area contributed by atoms with Crippen LogP contribution in [-0.4, -0.2) is 61.6 Å². The quantitative estimate of drug-likeness (QED) is 0.671. The number of nitrogens with zero attached hydrogens (tertiary/aromatic N) is 3. The van der Waals surface area contributed by atoms with Gasteiger partial charge in [-0.1, -0.05) is 0 Å². The van der Waals surface area contributed by atoms with Crippen LogP contribution >= 0.6 is 0 Å². The summed E-state index contributed by atoms with van der Waals surface area (Å²) in [5.74, 6) is -1.37. The Kier molecular flexibility index (Phi) is 5.00. The number of carbonyl (C=O) groups is 2. The van der Waals surface area contributed by atoms with Gasteiger partial charge in [-0.15, -0.1) is 0 Å². The zero-order valence-corrected chi connectivity index (χ0v) is 13.8. The second-order valence-corrected chi connectivity index (χ2v) is 6.53. The van der Waals surface area contributed by atoms with Crippen molar-refractivity contribution in [3.8, 4) is 0 Å². The van der Waals surface area contributed by atoms with Crippen LogP contribution in [0.5, 0.6) is 0 Å². The van der Waals surface area contributed by atoms with Crippen molar-refractivity contribution in [2.24, 2.45) is 11.7 Å². The molecule has 2 aromatic heterocycles. The Hall–Kier alpha value is -2.45. The topological polar surface area (TPSA) is 121 Å². The molecule has 0 radical (unpaired) electrons. The van der Waals surface area contributed by atoms with E-state index in [1.807, 2.05) is 28.9 Å². The van der Waals surface area contributed by atoms with Gasteiger partial charge in [-0.2, -0.15) is 0 Å².